The highest BCUT2D eigenvalue weighted by Crippen LogP contribution is 2.21. The Kier molecular flexibility index (Phi) is 14.7. The van der Waals surface area contributed by atoms with E-state index in [0.717, 1.165) is 0 Å². The molecule has 0 spiro atoms. The molecule has 0 nitrogen and oxygen atoms in total. The zero-order valence-corrected chi connectivity index (χ0v) is 17.4. The van der Waals surface area contributed by atoms with E-state index in [1.165, 1.54) is 109 Å². The molecular weight excluding hydrogens is 308 g/mol. The zero-order valence-electron chi connectivity index (χ0n) is 16.6. The number of unbranched alkanes of at least 4 members (excludes halogenated alkanes) is 13. The summed E-state index contributed by atoms with van der Waals surface area (Å²) in [6.45, 7) is 4.59. The molecule has 0 amide bonds. The van der Waals surface area contributed by atoms with Crippen LogP contribution in [0.3, 0.4) is 0 Å². The molecule has 140 valence electrons. The molecule has 0 aliphatic carbocycles. The standard InChI is InChI=1S/C23H42S/c1-3-5-7-8-9-10-11-12-13-14-15-17-19-23-21-24-20-22(23)18-16-6-4-2/h20-21H,3-19H2,1-2H3. The Labute approximate surface area is 156 Å². The molecule has 1 rings (SSSR count). The van der Waals surface area contributed by atoms with Crippen molar-refractivity contribution in [1.82, 2.24) is 0 Å². The predicted octanol–water partition coefficient (Wildman–Crippen LogP) is 8.72. The SMILES string of the molecule is CCCCCCCCCCCCCCc1cscc1CCCCC. The fourth-order valence-corrected chi connectivity index (χ4v) is 4.45. The van der Waals surface area contributed by atoms with E-state index in [1.807, 2.05) is 11.3 Å². The van der Waals surface area contributed by atoms with Crippen molar-refractivity contribution in [3.05, 3.63) is 21.9 Å². The van der Waals surface area contributed by atoms with E-state index in [9.17, 15) is 0 Å². The lowest BCUT2D eigenvalue weighted by Crippen LogP contribution is -1.91. The molecule has 1 heterocycles. The summed E-state index contributed by atoms with van der Waals surface area (Å²) in [7, 11) is 0. The first-order valence-corrected chi connectivity index (χ1v) is 11.9. The van der Waals surface area contributed by atoms with Crippen molar-refractivity contribution in [2.45, 2.75) is 123 Å². The highest BCUT2D eigenvalue weighted by molar-refractivity contribution is 7.08. The van der Waals surface area contributed by atoms with E-state index in [2.05, 4.69) is 24.6 Å². The first-order chi connectivity index (χ1) is 11.9. The molecule has 0 saturated carbocycles. The van der Waals surface area contributed by atoms with E-state index < -0.39 is 0 Å². The number of thiophene rings is 1. The Morgan fingerprint density at radius 3 is 1.29 bits per heavy atom. The van der Waals surface area contributed by atoms with E-state index in [-0.39, 0.29) is 0 Å². The molecule has 0 saturated heterocycles. The summed E-state index contributed by atoms with van der Waals surface area (Å²) in [5.41, 5.74) is 3.31. The lowest BCUT2D eigenvalue weighted by molar-refractivity contribution is 0.544. The molecule has 0 unspecified atom stereocenters. The van der Waals surface area contributed by atoms with Gasteiger partial charge in [0.05, 0.1) is 0 Å². The van der Waals surface area contributed by atoms with Crippen LogP contribution in [0.2, 0.25) is 0 Å². The van der Waals surface area contributed by atoms with E-state index in [4.69, 9.17) is 0 Å². The lowest BCUT2D eigenvalue weighted by Gasteiger charge is -2.05. The van der Waals surface area contributed by atoms with Gasteiger partial charge in [-0.25, -0.2) is 0 Å². The van der Waals surface area contributed by atoms with Gasteiger partial charge in [-0.2, -0.15) is 11.3 Å². The van der Waals surface area contributed by atoms with Crippen LogP contribution < -0.4 is 0 Å². The minimum absolute atomic E-state index is 1.31. The van der Waals surface area contributed by atoms with Gasteiger partial charge < -0.3 is 0 Å². The van der Waals surface area contributed by atoms with Gasteiger partial charge in [0, 0.05) is 0 Å². The summed E-state index contributed by atoms with van der Waals surface area (Å²) in [4.78, 5) is 0. The average molecular weight is 351 g/mol. The van der Waals surface area contributed by atoms with E-state index in [0.29, 0.717) is 0 Å². The van der Waals surface area contributed by atoms with Crippen molar-refractivity contribution in [3.8, 4) is 0 Å². The van der Waals surface area contributed by atoms with Crippen LogP contribution in [0.1, 0.15) is 121 Å². The average Bonchev–Trinajstić information content (AvgIpc) is 3.03. The third-order valence-electron chi connectivity index (χ3n) is 5.18. The van der Waals surface area contributed by atoms with Crippen LogP contribution >= 0.6 is 11.3 Å². The number of rotatable bonds is 17. The van der Waals surface area contributed by atoms with Crippen molar-refractivity contribution < 1.29 is 0 Å². The Hall–Kier alpha value is -0.300. The molecule has 1 aromatic heterocycles. The van der Waals surface area contributed by atoms with Crippen LogP contribution in [0.25, 0.3) is 0 Å². The summed E-state index contributed by atoms with van der Waals surface area (Å²) in [5, 5.41) is 4.80. The van der Waals surface area contributed by atoms with Crippen molar-refractivity contribution in [1.29, 1.82) is 0 Å². The Morgan fingerprint density at radius 1 is 0.500 bits per heavy atom. The van der Waals surface area contributed by atoms with Gasteiger partial charge in [0.1, 0.15) is 0 Å². The summed E-state index contributed by atoms with van der Waals surface area (Å²) in [6, 6.07) is 0. The summed E-state index contributed by atoms with van der Waals surface area (Å²) < 4.78 is 0. The van der Waals surface area contributed by atoms with Crippen LogP contribution in [0.4, 0.5) is 0 Å². The van der Waals surface area contributed by atoms with E-state index >= 15 is 0 Å². The minimum Gasteiger partial charge on any atom is -0.152 e. The highest BCUT2D eigenvalue weighted by Gasteiger charge is 2.03. The van der Waals surface area contributed by atoms with Crippen molar-refractivity contribution >= 4 is 11.3 Å². The van der Waals surface area contributed by atoms with Gasteiger partial charge in [-0.3, -0.25) is 0 Å². The number of hydrogen-bond acceptors (Lipinski definition) is 1. The second-order valence-corrected chi connectivity index (χ2v) is 8.26. The first-order valence-electron chi connectivity index (χ1n) is 10.9. The lowest BCUT2D eigenvalue weighted by atomic mass is 10.0. The van der Waals surface area contributed by atoms with Crippen molar-refractivity contribution in [2.24, 2.45) is 0 Å². The highest BCUT2D eigenvalue weighted by atomic mass is 32.1. The fraction of sp³-hybridized carbons (Fsp3) is 0.826. The Bertz CT molecular complexity index is 366. The molecule has 0 bridgehead atoms. The topological polar surface area (TPSA) is 0 Å². The second kappa shape index (κ2) is 16.2. The summed E-state index contributed by atoms with van der Waals surface area (Å²) in [6.07, 6.45) is 24.1. The van der Waals surface area contributed by atoms with Crippen molar-refractivity contribution in [3.63, 3.8) is 0 Å². The monoisotopic (exact) mass is 350 g/mol. The van der Waals surface area contributed by atoms with Gasteiger partial charge in [-0.1, -0.05) is 97.3 Å². The normalized spacial score (nSPS) is 11.2. The quantitative estimate of drug-likeness (QED) is 0.246. The third-order valence-corrected chi connectivity index (χ3v) is 6.02. The molecule has 24 heavy (non-hydrogen) atoms. The fourth-order valence-electron chi connectivity index (χ4n) is 3.51. The van der Waals surface area contributed by atoms with Crippen molar-refractivity contribution in [2.75, 3.05) is 0 Å². The molecule has 0 fully saturated rings. The van der Waals surface area contributed by atoms with Gasteiger partial charge in [0.15, 0.2) is 0 Å². The van der Waals surface area contributed by atoms with Crippen LogP contribution in [-0.4, -0.2) is 0 Å². The van der Waals surface area contributed by atoms with Crippen LogP contribution in [0.15, 0.2) is 10.8 Å². The molecule has 0 aliphatic rings. The van der Waals surface area contributed by atoms with Gasteiger partial charge in [-0.15, -0.1) is 0 Å². The van der Waals surface area contributed by atoms with Gasteiger partial charge in [0.25, 0.3) is 0 Å². The molecule has 0 aliphatic heterocycles. The summed E-state index contributed by atoms with van der Waals surface area (Å²) >= 11 is 1.91. The molecule has 0 atom stereocenters. The van der Waals surface area contributed by atoms with Gasteiger partial charge in [-0.05, 0) is 47.6 Å². The van der Waals surface area contributed by atoms with Crippen LogP contribution in [0, 0.1) is 0 Å². The molecular formula is C23H42S. The number of aryl methyl sites for hydroxylation is 2. The molecule has 1 aromatic rings. The maximum Gasteiger partial charge on any atom is -0.00584 e. The second-order valence-electron chi connectivity index (χ2n) is 7.52. The van der Waals surface area contributed by atoms with Crippen LogP contribution in [0.5, 0.6) is 0 Å². The molecule has 0 N–H and O–H groups in total. The maximum absolute atomic E-state index is 2.40. The van der Waals surface area contributed by atoms with Crippen LogP contribution in [-0.2, 0) is 12.8 Å². The predicted molar refractivity (Wildman–Crippen MR) is 112 cm³/mol. The zero-order chi connectivity index (χ0) is 17.3. The van der Waals surface area contributed by atoms with Gasteiger partial charge in [0.2, 0.25) is 0 Å². The Balaban J connectivity index is 1.91. The Morgan fingerprint density at radius 2 is 0.833 bits per heavy atom. The van der Waals surface area contributed by atoms with E-state index in [1.54, 1.807) is 11.1 Å². The smallest absolute Gasteiger partial charge is 0.00584 e. The number of hydrogen-bond donors (Lipinski definition) is 0. The largest absolute Gasteiger partial charge is 0.152 e. The molecule has 1 heteroatoms. The summed E-state index contributed by atoms with van der Waals surface area (Å²) in [5.74, 6) is 0. The molecule has 0 aromatic carbocycles. The molecule has 0 radical (unpaired) electrons. The first kappa shape index (κ1) is 21.7. The van der Waals surface area contributed by atoms with Gasteiger partial charge >= 0.3 is 0 Å². The third kappa shape index (κ3) is 11.3. The maximum atomic E-state index is 2.40. The minimum atomic E-state index is 1.31.